The number of rotatable bonds is 5. The molecule has 3 aromatic rings. The summed E-state index contributed by atoms with van der Waals surface area (Å²) in [6, 6.07) is 7.12. The molecule has 0 atom stereocenters. The maximum atomic E-state index is 12.0. The minimum Gasteiger partial charge on any atom is -0.355 e. The Morgan fingerprint density at radius 3 is 2.82 bits per heavy atom. The van der Waals surface area contributed by atoms with Crippen molar-refractivity contribution in [3.05, 3.63) is 58.5 Å². The summed E-state index contributed by atoms with van der Waals surface area (Å²) < 4.78 is 0. The summed E-state index contributed by atoms with van der Waals surface area (Å²) >= 11 is 0. The highest BCUT2D eigenvalue weighted by Crippen LogP contribution is 2.12. The number of nitrogens with zero attached hydrogens (tertiary/aromatic N) is 2. The zero-order valence-electron chi connectivity index (χ0n) is 11.8. The summed E-state index contributed by atoms with van der Waals surface area (Å²) in [5.41, 5.74) is 1.28. The van der Waals surface area contributed by atoms with E-state index < -0.39 is 0 Å². The molecule has 3 rings (SSSR count). The molecule has 1 amide bonds. The fourth-order valence-electron chi connectivity index (χ4n) is 2.28. The minimum atomic E-state index is -0.251. The van der Waals surface area contributed by atoms with Crippen molar-refractivity contribution < 1.29 is 4.79 Å². The SMILES string of the molecule is O=C(Cc1n[nH]c(=O)c2ccccc12)NCCc1cnc[nH]1. The predicted molar refractivity (Wildman–Crippen MR) is 81.4 cm³/mol. The lowest BCUT2D eigenvalue weighted by Crippen LogP contribution is -2.28. The molecule has 1 aromatic carbocycles. The third-order valence-electron chi connectivity index (χ3n) is 3.37. The van der Waals surface area contributed by atoms with Crippen LogP contribution in [0, 0.1) is 0 Å². The number of aromatic amines is 2. The second-order valence-corrected chi connectivity index (χ2v) is 4.90. The highest BCUT2D eigenvalue weighted by molar-refractivity contribution is 5.88. The van der Waals surface area contributed by atoms with E-state index in [4.69, 9.17) is 0 Å². The van der Waals surface area contributed by atoms with Crippen molar-refractivity contribution in [1.82, 2.24) is 25.5 Å². The number of amides is 1. The number of carbonyl (C=O) groups excluding carboxylic acids is 1. The molecule has 2 heterocycles. The van der Waals surface area contributed by atoms with Crippen LogP contribution in [0.5, 0.6) is 0 Å². The molecule has 0 aliphatic carbocycles. The van der Waals surface area contributed by atoms with E-state index in [0.29, 0.717) is 29.4 Å². The molecule has 0 bridgehead atoms. The molecule has 112 valence electrons. The second-order valence-electron chi connectivity index (χ2n) is 4.90. The molecule has 0 fully saturated rings. The molecule has 0 unspecified atom stereocenters. The maximum Gasteiger partial charge on any atom is 0.272 e. The van der Waals surface area contributed by atoms with Gasteiger partial charge < -0.3 is 10.3 Å². The third kappa shape index (κ3) is 3.03. The van der Waals surface area contributed by atoms with Crippen LogP contribution >= 0.6 is 0 Å². The van der Waals surface area contributed by atoms with E-state index in [0.717, 1.165) is 5.69 Å². The Bertz CT molecular complexity index is 839. The van der Waals surface area contributed by atoms with Crippen molar-refractivity contribution in [3.8, 4) is 0 Å². The molecule has 3 N–H and O–H groups in total. The Labute approximate surface area is 125 Å². The number of aromatic nitrogens is 4. The summed E-state index contributed by atoms with van der Waals surface area (Å²) in [6.07, 6.45) is 4.14. The van der Waals surface area contributed by atoms with Gasteiger partial charge in [0.25, 0.3) is 5.56 Å². The van der Waals surface area contributed by atoms with Gasteiger partial charge >= 0.3 is 0 Å². The number of nitrogens with one attached hydrogen (secondary N) is 3. The number of hydrogen-bond donors (Lipinski definition) is 3. The Hall–Kier alpha value is -2.96. The largest absolute Gasteiger partial charge is 0.355 e. The van der Waals surface area contributed by atoms with Gasteiger partial charge in [-0.3, -0.25) is 9.59 Å². The van der Waals surface area contributed by atoms with E-state index in [9.17, 15) is 9.59 Å². The summed E-state index contributed by atoms with van der Waals surface area (Å²) in [5.74, 6) is -0.135. The molecule has 0 radical (unpaired) electrons. The molecule has 0 saturated carbocycles. The van der Waals surface area contributed by atoms with E-state index in [2.05, 4.69) is 25.5 Å². The first-order valence-corrected chi connectivity index (χ1v) is 6.94. The van der Waals surface area contributed by atoms with Crippen LogP contribution < -0.4 is 10.9 Å². The predicted octanol–water partition coefficient (Wildman–Crippen LogP) is 0.548. The number of carbonyl (C=O) groups is 1. The Morgan fingerprint density at radius 2 is 2.05 bits per heavy atom. The molecule has 7 nitrogen and oxygen atoms in total. The second kappa shape index (κ2) is 6.21. The van der Waals surface area contributed by atoms with Crippen LogP contribution in [-0.2, 0) is 17.6 Å². The van der Waals surface area contributed by atoms with Crippen molar-refractivity contribution in [2.75, 3.05) is 6.54 Å². The van der Waals surface area contributed by atoms with Crippen LogP contribution in [0.25, 0.3) is 10.8 Å². The lowest BCUT2D eigenvalue weighted by Gasteiger charge is -2.06. The number of H-pyrrole nitrogens is 2. The third-order valence-corrected chi connectivity index (χ3v) is 3.37. The lowest BCUT2D eigenvalue weighted by atomic mass is 10.1. The molecule has 7 heteroatoms. The molecule has 0 aliphatic rings. The molecule has 0 aliphatic heterocycles. The monoisotopic (exact) mass is 297 g/mol. The molecule has 22 heavy (non-hydrogen) atoms. The van der Waals surface area contributed by atoms with Crippen molar-refractivity contribution in [2.24, 2.45) is 0 Å². The van der Waals surface area contributed by atoms with Crippen molar-refractivity contribution in [1.29, 1.82) is 0 Å². The topological polar surface area (TPSA) is 104 Å². The van der Waals surface area contributed by atoms with Gasteiger partial charge in [-0.15, -0.1) is 0 Å². The standard InChI is InChI=1S/C15H15N5O2/c21-14(17-6-5-10-8-16-9-18-10)7-13-11-3-1-2-4-12(11)15(22)20-19-13/h1-4,8-9H,5-7H2,(H,16,18)(H,17,21)(H,20,22). The van der Waals surface area contributed by atoms with Gasteiger partial charge in [0.2, 0.25) is 5.91 Å². The Balaban J connectivity index is 1.66. The van der Waals surface area contributed by atoms with Gasteiger partial charge in [-0.2, -0.15) is 5.10 Å². The van der Waals surface area contributed by atoms with Gasteiger partial charge in [-0.25, -0.2) is 10.1 Å². The van der Waals surface area contributed by atoms with Crippen LogP contribution in [-0.4, -0.2) is 32.6 Å². The first-order chi connectivity index (χ1) is 10.7. The van der Waals surface area contributed by atoms with Crippen molar-refractivity contribution in [3.63, 3.8) is 0 Å². The molecule has 0 spiro atoms. The van der Waals surface area contributed by atoms with Crippen LogP contribution in [0.15, 0.2) is 41.6 Å². The lowest BCUT2D eigenvalue weighted by molar-refractivity contribution is -0.120. The Kier molecular flexibility index (Phi) is 3.95. The highest BCUT2D eigenvalue weighted by atomic mass is 16.1. The smallest absolute Gasteiger partial charge is 0.272 e. The van der Waals surface area contributed by atoms with Crippen LogP contribution in [0.1, 0.15) is 11.4 Å². The highest BCUT2D eigenvalue weighted by Gasteiger charge is 2.10. The normalized spacial score (nSPS) is 10.7. The molecule has 0 saturated heterocycles. The minimum absolute atomic E-state index is 0.125. The summed E-state index contributed by atoms with van der Waals surface area (Å²) in [6.45, 7) is 0.516. The van der Waals surface area contributed by atoms with Crippen LogP contribution in [0.2, 0.25) is 0 Å². The van der Waals surface area contributed by atoms with Gasteiger partial charge in [0, 0.05) is 30.2 Å². The molecule has 2 aromatic heterocycles. The fraction of sp³-hybridized carbons (Fsp3) is 0.200. The zero-order chi connectivity index (χ0) is 15.4. The average Bonchev–Trinajstić information content (AvgIpc) is 3.04. The first kappa shape index (κ1) is 14.0. The number of benzene rings is 1. The van der Waals surface area contributed by atoms with Gasteiger partial charge in [0.1, 0.15) is 0 Å². The first-order valence-electron chi connectivity index (χ1n) is 6.94. The van der Waals surface area contributed by atoms with Crippen LogP contribution in [0.3, 0.4) is 0 Å². The van der Waals surface area contributed by atoms with E-state index >= 15 is 0 Å². The fourth-order valence-corrected chi connectivity index (χ4v) is 2.28. The number of hydrogen-bond acceptors (Lipinski definition) is 4. The zero-order valence-corrected chi connectivity index (χ0v) is 11.8. The van der Waals surface area contributed by atoms with E-state index in [1.807, 2.05) is 6.07 Å². The van der Waals surface area contributed by atoms with Gasteiger partial charge in [0.15, 0.2) is 0 Å². The van der Waals surface area contributed by atoms with Crippen LogP contribution in [0.4, 0.5) is 0 Å². The maximum absolute atomic E-state index is 12.0. The van der Waals surface area contributed by atoms with Crippen molar-refractivity contribution in [2.45, 2.75) is 12.8 Å². The van der Waals surface area contributed by atoms with E-state index in [-0.39, 0.29) is 17.9 Å². The Morgan fingerprint density at radius 1 is 1.23 bits per heavy atom. The summed E-state index contributed by atoms with van der Waals surface area (Å²) in [5, 5.41) is 10.5. The number of imidazole rings is 1. The quantitative estimate of drug-likeness (QED) is 0.639. The van der Waals surface area contributed by atoms with Gasteiger partial charge in [0.05, 0.1) is 23.8 Å². The number of fused-ring (bicyclic) bond motifs is 1. The van der Waals surface area contributed by atoms with E-state index in [1.54, 1.807) is 30.7 Å². The van der Waals surface area contributed by atoms with Crippen molar-refractivity contribution >= 4 is 16.7 Å². The average molecular weight is 297 g/mol. The molecular weight excluding hydrogens is 282 g/mol. The van der Waals surface area contributed by atoms with E-state index in [1.165, 1.54) is 0 Å². The van der Waals surface area contributed by atoms with Gasteiger partial charge in [-0.05, 0) is 6.07 Å². The summed E-state index contributed by atoms with van der Waals surface area (Å²) in [4.78, 5) is 30.6. The molecular formula is C15H15N5O2. The van der Waals surface area contributed by atoms with Gasteiger partial charge in [-0.1, -0.05) is 18.2 Å². The summed E-state index contributed by atoms with van der Waals surface area (Å²) in [7, 11) is 0.